The van der Waals surface area contributed by atoms with Crippen LogP contribution in [0.3, 0.4) is 0 Å². The number of unbranched alkanes of at least 4 members (excludes halogenated alkanes) is 2. The van der Waals surface area contributed by atoms with Gasteiger partial charge in [0, 0.05) is 6.61 Å². The van der Waals surface area contributed by atoms with Gasteiger partial charge in [-0.1, -0.05) is 18.2 Å². The number of aliphatic hydroxyl groups is 1. The molecular formula is C13H19N5O. The molecule has 0 atom stereocenters. The summed E-state index contributed by atoms with van der Waals surface area (Å²) in [6, 6.07) is 9.83. The van der Waals surface area contributed by atoms with Crippen LogP contribution >= 0.6 is 0 Å². The fraction of sp³-hybridized carbons (Fsp3) is 0.462. The molecule has 0 bridgehead atoms. The van der Waals surface area contributed by atoms with Gasteiger partial charge in [-0.25, -0.2) is 0 Å². The van der Waals surface area contributed by atoms with Gasteiger partial charge in [0.2, 0.25) is 0 Å². The van der Waals surface area contributed by atoms with Gasteiger partial charge in [-0.05, 0) is 48.4 Å². The highest BCUT2D eigenvalue weighted by molar-refractivity contribution is 5.30. The van der Waals surface area contributed by atoms with Gasteiger partial charge in [0.25, 0.3) is 0 Å². The van der Waals surface area contributed by atoms with Gasteiger partial charge >= 0.3 is 0 Å². The Bertz CT molecular complexity index is 471. The molecule has 0 aliphatic rings. The molecule has 0 amide bonds. The van der Waals surface area contributed by atoms with E-state index in [0.29, 0.717) is 6.54 Å². The topological polar surface area (TPSA) is 75.9 Å². The average molecular weight is 261 g/mol. The van der Waals surface area contributed by atoms with Gasteiger partial charge in [-0.2, -0.15) is 4.68 Å². The minimum atomic E-state index is 0.270. The van der Waals surface area contributed by atoms with Gasteiger partial charge in [0.15, 0.2) is 5.82 Å². The van der Waals surface area contributed by atoms with Crippen molar-refractivity contribution in [2.75, 3.05) is 13.2 Å². The summed E-state index contributed by atoms with van der Waals surface area (Å²) in [5.74, 6) is 0.799. The van der Waals surface area contributed by atoms with Crippen molar-refractivity contribution >= 4 is 0 Å². The number of aliphatic hydroxyl groups excluding tert-OH is 1. The lowest BCUT2D eigenvalue weighted by atomic mass is 10.2. The molecule has 2 N–H and O–H groups in total. The first-order chi connectivity index (χ1) is 9.42. The van der Waals surface area contributed by atoms with Crippen LogP contribution in [0, 0.1) is 0 Å². The summed E-state index contributed by atoms with van der Waals surface area (Å²) >= 11 is 0. The molecule has 0 fully saturated rings. The number of aromatic nitrogens is 4. The molecule has 0 saturated carbocycles. The number of hydrogen-bond acceptors (Lipinski definition) is 5. The highest BCUT2D eigenvalue weighted by Crippen LogP contribution is 2.06. The number of para-hydroxylation sites is 1. The molecule has 6 heteroatoms. The molecule has 1 aromatic heterocycles. The van der Waals surface area contributed by atoms with Crippen molar-refractivity contribution in [1.82, 2.24) is 25.5 Å². The highest BCUT2D eigenvalue weighted by Gasteiger charge is 2.06. The second-order valence-electron chi connectivity index (χ2n) is 4.30. The Hall–Kier alpha value is -1.79. The standard InChI is InChI=1S/C13H19N5O/c19-10-6-2-5-9-14-11-13-15-16-17-18(13)12-7-3-1-4-8-12/h1,3-4,7-8,14,19H,2,5-6,9-11H2. The smallest absolute Gasteiger partial charge is 0.170 e. The van der Waals surface area contributed by atoms with E-state index in [-0.39, 0.29) is 6.61 Å². The van der Waals surface area contributed by atoms with Gasteiger partial charge in [-0.3, -0.25) is 0 Å². The maximum atomic E-state index is 8.69. The number of nitrogens with zero attached hydrogens (tertiary/aromatic N) is 4. The molecule has 1 aromatic carbocycles. The SMILES string of the molecule is OCCCCCNCc1nnnn1-c1ccccc1. The van der Waals surface area contributed by atoms with Gasteiger partial charge < -0.3 is 10.4 Å². The molecule has 0 spiro atoms. The largest absolute Gasteiger partial charge is 0.396 e. The summed E-state index contributed by atoms with van der Waals surface area (Å²) in [5.41, 5.74) is 0.963. The first kappa shape index (κ1) is 13.6. The molecule has 19 heavy (non-hydrogen) atoms. The van der Waals surface area contributed by atoms with Gasteiger partial charge in [-0.15, -0.1) is 5.10 Å². The molecule has 0 radical (unpaired) electrons. The predicted molar refractivity (Wildman–Crippen MR) is 71.8 cm³/mol. The Labute approximate surface area is 112 Å². The second kappa shape index (κ2) is 7.60. The van der Waals surface area contributed by atoms with E-state index >= 15 is 0 Å². The maximum absolute atomic E-state index is 8.69. The summed E-state index contributed by atoms with van der Waals surface area (Å²) < 4.78 is 1.74. The zero-order chi connectivity index (χ0) is 13.3. The van der Waals surface area contributed by atoms with E-state index in [1.54, 1.807) is 4.68 Å². The van der Waals surface area contributed by atoms with Crippen molar-refractivity contribution in [2.45, 2.75) is 25.8 Å². The zero-order valence-corrected chi connectivity index (χ0v) is 10.9. The molecule has 0 unspecified atom stereocenters. The third-order valence-electron chi connectivity index (χ3n) is 2.83. The normalized spacial score (nSPS) is 10.8. The minimum absolute atomic E-state index is 0.270. The van der Waals surface area contributed by atoms with E-state index in [1.165, 1.54) is 0 Å². The summed E-state index contributed by atoms with van der Waals surface area (Å²) in [5, 5.41) is 23.7. The van der Waals surface area contributed by atoms with Crippen LogP contribution in [-0.4, -0.2) is 38.5 Å². The molecule has 2 rings (SSSR count). The van der Waals surface area contributed by atoms with Crippen molar-refractivity contribution in [3.8, 4) is 5.69 Å². The molecule has 102 valence electrons. The van der Waals surface area contributed by atoms with E-state index < -0.39 is 0 Å². The summed E-state index contributed by atoms with van der Waals surface area (Å²) in [4.78, 5) is 0. The number of tetrazole rings is 1. The fourth-order valence-electron chi connectivity index (χ4n) is 1.82. The zero-order valence-electron chi connectivity index (χ0n) is 10.9. The van der Waals surface area contributed by atoms with Crippen molar-refractivity contribution < 1.29 is 5.11 Å². The van der Waals surface area contributed by atoms with E-state index in [9.17, 15) is 0 Å². The minimum Gasteiger partial charge on any atom is -0.396 e. The number of benzene rings is 1. The fourth-order valence-corrected chi connectivity index (χ4v) is 1.82. The van der Waals surface area contributed by atoms with Crippen LogP contribution in [0.1, 0.15) is 25.1 Å². The van der Waals surface area contributed by atoms with E-state index in [2.05, 4.69) is 20.8 Å². The predicted octanol–water partition coefficient (Wildman–Crippen LogP) is 0.914. The highest BCUT2D eigenvalue weighted by atomic mass is 16.2. The lowest BCUT2D eigenvalue weighted by molar-refractivity contribution is 0.283. The van der Waals surface area contributed by atoms with Crippen LogP contribution in [0.4, 0.5) is 0 Å². The molecule has 1 heterocycles. The van der Waals surface area contributed by atoms with Crippen LogP contribution in [0.15, 0.2) is 30.3 Å². The number of rotatable bonds is 8. The number of hydrogen-bond donors (Lipinski definition) is 2. The number of nitrogens with one attached hydrogen (secondary N) is 1. The summed E-state index contributed by atoms with van der Waals surface area (Å²) in [6.45, 7) is 1.81. The van der Waals surface area contributed by atoms with Crippen LogP contribution in [0.25, 0.3) is 5.69 Å². The summed E-state index contributed by atoms with van der Waals surface area (Å²) in [7, 11) is 0. The quantitative estimate of drug-likeness (QED) is 0.691. The van der Waals surface area contributed by atoms with Gasteiger partial charge in [0.1, 0.15) is 0 Å². The first-order valence-electron chi connectivity index (χ1n) is 6.56. The first-order valence-corrected chi connectivity index (χ1v) is 6.56. The third-order valence-corrected chi connectivity index (χ3v) is 2.83. The molecule has 0 aliphatic heterocycles. The lowest BCUT2D eigenvalue weighted by Crippen LogP contribution is -2.18. The second-order valence-corrected chi connectivity index (χ2v) is 4.30. The van der Waals surface area contributed by atoms with Crippen molar-refractivity contribution in [3.63, 3.8) is 0 Å². The summed E-state index contributed by atoms with van der Waals surface area (Å²) in [6.07, 6.45) is 2.95. The van der Waals surface area contributed by atoms with E-state index in [1.807, 2.05) is 30.3 Å². The van der Waals surface area contributed by atoms with Crippen LogP contribution in [0.5, 0.6) is 0 Å². The van der Waals surface area contributed by atoms with Crippen molar-refractivity contribution in [1.29, 1.82) is 0 Å². The van der Waals surface area contributed by atoms with E-state index in [0.717, 1.165) is 37.3 Å². The molecule has 0 aliphatic carbocycles. The van der Waals surface area contributed by atoms with Crippen LogP contribution in [0.2, 0.25) is 0 Å². The molecular weight excluding hydrogens is 242 g/mol. The monoisotopic (exact) mass is 261 g/mol. The molecule has 6 nitrogen and oxygen atoms in total. The Morgan fingerprint density at radius 3 is 2.74 bits per heavy atom. The Morgan fingerprint density at radius 1 is 1.11 bits per heavy atom. The Balaban J connectivity index is 1.83. The van der Waals surface area contributed by atoms with Crippen molar-refractivity contribution in [3.05, 3.63) is 36.2 Å². The third kappa shape index (κ3) is 4.11. The van der Waals surface area contributed by atoms with Gasteiger partial charge in [0.05, 0.1) is 12.2 Å². The average Bonchev–Trinajstić information content (AvgIpc) is 2.92. The Morgan fingerprint density at radius 2 is 1.95 bits per heavy atom. The maximum Gasteiger partial charge on any atom is 0.170 e. The Kier molecular flexibility index (Phi) is 5.46. The lowest BCUT2D eigenvalue weighted by Gasteiger charge is -2.05. The van der Waals surface area contributed by atoms with Crippen LogP contribution < -0.4 is 5.32 Å². The van der Waals surface area contributed by atoms with Crippen LogP contribution in [-0.2, 0) is 6.54 Å². The van der Waals surface area contributed by atoms with E-state index in [4.69, 9.17) is 5.11 Å². The van der Waals surface area contributed by atoms with Crippen molar-refractivity contribution in [2.24, 2.45) is 0 Å². The molecule has 2 aromatic rings. The molecule has 0 saturated heterocycles.